The maximum Gasteiger partial charge on any atom is 0.527 e. The standard InChI is InChI=1S/C35H37F11O5/c1-2-3-20-4-6-21(7-5-20)23-18-47-31(48-19-23)22-8-10-24(11-9-22)32(38,39)49-26-14-12-25(13-15-26)33(40,41)50-27-16-28(36)30(29(37)17-27)34(42,43)51-35(44,45)46/h2-3,12-17,20-24,31H,4-11,18-19H2,1H3. The van der Waals surface area contributed by atoms with E-state index in [9.17, 15) is 39.5 Å². The van der Waals surface area contributed by atoms with Gasteiger partial charge in [-0.1, -0.05) is 12.2 Å². The summed E-state index contributed by atoms with van der Waals surface area (Å²) in [5, 5.41) is 0. The molecule has 3 fully saturated rings. The van der Waals surface area contributed by atoms with Crippen molar-refractivity contribution in [1.82, 2.24) is 0 Å². The second-order valence-corrected chi connectivity index (χ2v) is 13.2. The van der Waals surface area contributed by atoms with Crippen molar-refractivity contribution in [2.45, 2.75) is 89.3 Å². The number of hydrogen-bond acceptors (Lipinski definition) is 5. The van der Waals surface area contributed by atoms with E-state index in [0.717, 1.165) is 37.8 Å². The van der Waals surface area contributed by atoms with Gasteiger partial charge in [0.2, 0.25) is 0 Å². The summed E-state index contributed by atoms with van der Waals surface area (Å²) in [6, 6.07) is 2.47. The molecule has 2 aromatic rings. The summed E-state index contributed by atoms with van der Waals surface area (Å²) in [5.41, 5.74) is -3.49. The second-order valence-electron chi connectivity index (χ2n) is 13.2. The van der Waals surface area contributed by atoms with E-state index < -0.39 is 71.2 Å². The predicted molar refractivity (Wildman–Crippen MR) is 159 cm³/mol. The molecule has 51 heavy (non-hydrogen) atoms. The molecular weight excluding hydrogens is 709 g/mol. The first-order chi connectivity index (χ1) is 23.9. The van der Waals surface area contributed by atoms with Crippen molar-refractivity contribution < 1.29 is 72.0 Å². The van der Waals surface area contributed by atoms with Crippen molar-refractivity contribution in [2.24, 2.45) is 29.6 Å². The first-order valence-electron chi connectivity index (χ1n) is 16.6. The van der Waals surface area contributed by atoms with E-state index in [1.807, 2.05) is 6.92 Å². The van der Waals surface area contributed by atoms with E-state index in [4.69, 9.17) is 14.2 Å². The van der Waals surface area contributed by atoms with Gasteiger partial charge in [-0.15, -0.1) is 13.2 Å². The number of rotatable bonds is 11. The monoisotopic (exact) mass is 746 g/mol. The molecule has 0 spiro atoms. The van der Waals surface area contributed by atoms with Crippen LogP contribution in [0.5, 0.6) is 11.5 Å². The minimum absolute atomic E-state index is 0.0622. The van der Waals surface area contributed by atoms with Gasteiger partial charge in [-0.2, -0.15) is 26.3 Å². The third kappa shape index (κ3) is 9.86. The van der Waals surface area contributed by atoms with E-state index in [0.29, 0.717) is 55.9 Å². The van der Waals surface area contributed by atoms with Crippen LogP contribution in [-0.2, 0) is 26.4 Å². The Labute approximate surface area is 287 Å². The number of alkyl halides is 9. The van der Waals surface area contributed by atoms with Crippen LogP contribution in [0.1, 0.15) is 69.4 Å². The summed E-state index contributed by atoms with van der Waals surface area (Å²) in [5.74, 6) is -6.34. The lowest BCUT2D eigenvalue weighted by atomic mass is 9.75. The fourth-order valence-corrected chi connectivity index (χ4v) is 7.13. The topological polar surface area (TPSA) is 46.2 Å². The van der Waals surface area contributed by atoms with Crippen molar-refractivity contribution >= 4 is 0 Å². The van der Waals surface area contributed by atoms with Crippen molar-refractivity contribution in [3.8, 4) is 11.5 Å². The second kappa shape index (κ2) is 15.5. The van der Waals surface area contributed by atoms with Crippen LogP contribution in [-0.4, -0.2) is 32.0 Å². The van der Waals surface area contributed by atoms with E-state index in [2.05, 4.69) is 21.6 Å². The molecule has 0 radical (unpaired) electrons. The number of ether oxygens (including phenoxy) is 5. The Hall–Kier alpha value is -3.11. The molecule has 0 amide bonds. The summed E-state index contributed by atoms with van der Waals surface area (Å²) < 4.78 is 176. The maximum absolute atomic E-state index is 15.1. The molecule has 1 saturated heterocycles. The van der Waals surface area contributed by atoms with Crippen LogP contribution in [0.2, 0.25) is 0 Å². The van der Waals surface area contributed by atoms with Gasteiger partial charge in [-0.05, 0) is 94.4 Å². The van der Waals surface area contributed by atoms with Gasteiger partial charge in [0.05, 0.1) is 24.7 Å². The van der Waals surface area contributed by atoms with E-state index in [1.165, 1.54) is 0 Å². The van der Waals surface area contributed by atoms with Gasteiger partial charge < -0.3 is 18.9 Å². The smallest absolute Gasteiger partial charge is 0.432 e. The Balaban J connectivity index is 1.11. The Morgan fingerprint density at radius 2 is 1.20 bits per heavy atom. The van der Waals surface area contributed by atoms with E-state index in [-0.39, 0.29) is 30.9 Å². The molecule has 284 valence electrons. The van der Waals surface area contributed by atoms with Crippen LogP contribution < -0.4 is 9.47 Å². The highest BCUT2D eigenvalue weighted by atomic mass is 19.4. The summed E-state index contributed by atoms with van der Waals surface area (Å²) in [7, 11) is 0. The van der Waals surface area contributed by atoms with Gasteiger partial charge in [0.25, 0.3) is 0 Å². The molecule has 0 aromatic heterocycles. The highest BCUT2D eigenvalue weighted by Gasteiger charge is 2.50. The molecule has 0 N–H and O–H groups in total. The third-order valence-corrected chi connectivity index (χ3v) is 9.77. The number of benzene rings is 2. The normalized spacial score (nSPS) is 27.1. The molecule has 3 aliphatic rings. The highest BCUT2D eigenvalue weighted by Crippen LogP contribution is 2.45. The third-order valence-electron chi connectivity index (χ3n) is 9.77. The zero-order valence-electron chi connectivity index (χ0n) is 27.4. The Morgan fingerprint density at radius 3 is 1.73 bits per heavy atom. The van der Waals surface area contributed by atoms with E-state index >= 15 is 8.78 Å². The average molecular weight is 747 g/mol. The van der Waals surface area contributed by atoms with Crippen LogP contribution in [0.15, 0.2) is 48.6 Å². The van der Waals surface area contributed by atoms with Crippen LogP contribution >= 0.6 is 0 Å². The molecule has 16 heteroatoms. The van der Waals surface area contributed by atoms with Crippen LogP contribution in [0, 0.1) is 41.2 Å². The molecule has 5 rings (SSSR count). The molecule has 0 atom stereocenters. The largest absolute Gasteiger partial charge is 0.527 e. The lowest BCUT2D eigenvalue weighted by Crippen LogP contribution is -2.43. The first-order valence-corrected chi connectivity index (χ1v) is 16.6. The van der Waals surface area contributed by atoms with Crippen molar-refractivity contribution in [1.29, 1.82) is 0 Å². The zero-order chi connectivity index (χ0) is 37.2. The summed E-state index contributed by atoms with van der Waals surface area (Å²) in [4.78, 5) is 0. The fourth-order valence-electron chi connectivity index (χ4n) is 7.13. The van der Waals surface area contributed by atoms with Gasteiger partial charge in [0, 0.05) is 24.0 Å². The summed E-state index contributed by atoms with van der Waals surface area (Å²) in [6.07, 6.45) is -10.2. The molecule has 2 saturated carbocycles. The number of halogens is 11. The predicted octanol–water partition coefficient (Wildman–Crippen LogP) is 10.8. The lowest BCUT2D eigenvalue weighted by Gasteiger charge is -2.41. The summed E-state index contributed by atoms with van der Waals surface area (Å²) >= 11 is 0. The van der Waals surface area contributed by atoms with Crippen LogP contribution in [0.3, 0.4) is 0 Å². The van der Waals surface area contributed by atoms with E-state index in [1.54, 1.807) is 0 Å². The van der Waals surface area contributed by atoms with Crippen molar-refractivity contribution in [2.75, 3.05) is 13.2 Å². The quantitative estimate of drug-likeness (QED) is 0.169. The van der Waals surface area contributed by atoms with Gasteiger partial charge in [0.15, 0.2) is 6.29 Å². The van der Waals surface area contributed by atoms with Crippen LogP contribution in [0.4, 0.5) is 48.3 Å². The van der Waals surface area contributed by atoms with Crippen LogP contribution in [0.25, 0.3) is 0 Å². The van der Waals surface area contributed by atoms with Crippen molar-refractivity contribution in [3.63, 3.8) is 0 Å². The molecule has 1 aliphatic heterocycles. The van der Waals surface area contributed by atoms with Gasteiger partial charge in [-0.3, -0.25) is 0 Å². The maximum atomic E-state index is 15.1. The summed E-state index contributed by atoms with van der Waals surface area (Å²) in [6.45, 7) is 3.17. The minimum Gasteiger partial charge on any atom is -0.432 e. The molecule has 2 aliphatic carbocycles. The first kappa shape index (κ1) is 39.1. The van der Waals surface area contributed by atoms with Crippen molar-refractivity contribution in [3.05, 3.63) is 71.3 Å². The molecule has 0 bridgehead atoms. The molecular formula is C35H37F11O5. The van der Waals surface area contributed by atoms with Gasteiger partial charge >= 0.3 is 24.7 Å². The fraction of sp³-hybridized carbons (Fsp3) is 0.600. The Morgan fingerprint density at radius 1 is 0.647 bits per heavy atom. The minimum atomic E-state index is -5.99. The number of hydrogen-bond donors (Lipinski definition) is 0. The molecule has 2 aromatic carbocycles. The SMILES string of the molecule is CC=CC1CCC(C2COC(C3CCC(C(F)(F)Oc4ccc(C(F)(F)Oc5cc(F)c(C(F)(F)OC(F)(F)F)c(F)c5)cc4)CC3)OC2)CC1. The molecule has 5 nitrogen and oxygen atoms in total. The zero-order valence-corrected chi connectivity index (χ0v) is 27.4. The van der Waals surface area contributed by atoms with Gasteiger partial charge in [-0.25, -0.2) is 13.5 Å². The Kier molecular flexibility index (Phi) is 11.9. The van der Waals surface area contributed by atoms with Gasteiger partial charge in [0.1, 0.15) is 28.7 Å². The number of allylic oxidation sites excluding steroid dienone is 2. The molecule has 1 heterocycles. The molecule has 0 unspecified atom stereocenters. The highest BCUT2D eigenvalue weighted by molar-refractivity contribution is 5.34. The Bertz CT molecular complexity index is 1450. The lowest BCUT2D eigenvalue weighted by molar-refractivity contribution is -0.432. The average Bonchev–Trinajstić information content (AvgIpc) is 3.04.